The van der Waals surface area contributed by atoms with Gasteiger partial charge >= 0.3 is 0 Å². The molecule has 0 aliphatic heterocycles. The lowest BCUT2D eigenvalue weighted by molar-refractivity contribution is 0.318. The van der Waals surface area contributed by atoms with Crippen LogP contribution in [0.3, 0.4) is 0 Å². The van der Waals surface area contributed by atoms with E-state index < -0.39 is 0 Å². The van der Waals surface area contributed by atoms with Crippen molar-refractivity contribution in [2.45, 2.75) is 13.8 Å². The Morgan fingerprint density at radius 3 is 2.75 bits per heavy atom. The van der Waals surface area contributed by atoms with Crippen molar-refractivity contribution >= 4 is 5.84 Å². The summed E-state index contributed by atoms with van der Waals surface area (Å²) in [6.07, 6.45) is 0. The number of hydrogen-bond donors (Lipinski definition) is 2. The number of aryl methyl sites for hydroxylation is 3. The highest BCUT2D eigenvalue weighted by atomic mass is 19.1. The van der Waals surface area contributed by atoms with Crippen LogP contribution in [-0.2, 0) is 7.05 Å². The third-order valence-electron chi connectivity index (χ3n) is 2.89. The zero-order chi connectivity index (χ0) is 14.9. The molecule has 7 heteroatoms. The van der Waals surface area contributed by atoms with Crippen molar-refractivity contribution < 1.29 is 14.3 Å². The fourth-order valence-corrected chi connectivity index (χ4v) is 1.85. The number of nitrogens with zero attached hydrogens (tertiary/aromatic N) is 3. The molecule has 1 aromatic carbocycles. The lowest BCUT2D eigenvalue weighted by Gasteiger charge is -2.08. The van der Waals surface area contributed by atoms with E-state index in [4.69, 9.17) is 15.7 Å². The van der Waals surface area contributed by atoms with Crippen LogP contribution in [0.4, 0.5) is 4.39 Å². The first-order chi connectivity index (χ1) is 9.43. The van der Waals surface area contributed by atoms with Gasteiger partial charge in [-0.3, -0.25) is 0 Å². The molecule has 0 bridgehead atoms. The molecule has 0 spiro atoms. The van der Waals surface area contributed by atoms with Crippen molar-refractivity contribution in [2.24, 2.45) is 17.9 Å². The molecule has 1 aromatic heterocycles. The van der Waals surface area contributed by atoms with E-state index in [2.05, 4.69) is 10.3 Å². The summed E-state index contributed by atoms with van der Waals surface area (Å²) in [5.74, 6) is 0.106. The summed E-state index contributed by atoms with van der Waals surface area (Å²) < 4.78 is 20.6. The summed E-state index contributed by atoms with van der Waals surface area (Å²) in [6, 6.07) is 4.52. The van der Waals surface area contributed by atoms with E-state index in [9.17, 15) is 4.39 Å². The summed E-state index contributed by atoms with van der Waals surface area (Å²) in [5, 5.41) is 15.9. The highest BCUT2D eigenvalue weighted by Gasteiger charge is 2.19. The fraction of sp³-hybridized carbons (Fsp3) is 0.231. The van der Waals surface area contributed by atoms with Gasteiger partial charge in [0, 0.05) is 13.1 Å². The number of ether oxygens (including phenoxy) is 1. The van der Waals surface area contributed by atoms with E-state index >= 15 is 0 Å². The zero-order valence-electron chi connectivity index (χ0n) is 11.4. The number of oxime groups is 1. The molecule has 0 saturated carbocycles. The summed E-state index contributed by atoms with van der Waals surface area (Å²) in [7, 11) is 1.65. The molecule has 0 atom stereocenters. The predicted molar refractivity (Wildman–Crippen MR) is 71.7 cm³/mol. The van der Waals surface area contributed by atoms with Crippen LogP contribution in [0.5, 0.6) is 11.6 Å². The van der Waals surface area contributed by atoms with E-state index in [-0.39, 0.29) is 17.5 Å². The molecule has 2 aromatic rings. The fourth-order valence-electron chi connectivity index (χ4n) is 1.85. The van der Waals surface area contributed by atoms with Crippen LogP contribution in [0.1, 0.15) is 16.8 Å². The average molecular weight is 278 g/mol. The predicted octanol–water partition coefficient (Wildman–Crippen LogP) is 2.06. The number of nitrogens with two attached hydrogens (primary N) is 1. The number of hydrogen-bond acceptors (Lipinski definition) is 4. The molecule has 2 rings (SSSR count). The second-order valence-electron chi connectivity index (χ2n) is 4.39. The minimum absolute atomic E-state index is 0.113. The number of amidine groups is 1. The molecule has 0 aliphatic rings. The maximum absolute atomic E-state index is 13.5. The smallest absolute Gasteiger partial charge is 0.229 e. The van der Waals surface area contributed by atoms with Crippen molar-refractivity contribution in [1.29, 1.82) is 0 Å². The lowest BCUT2D eigenvalue weighted by atomic mass is 10.2. The Morgan fingerprint density at radius 2 is 2.15 bits per heavy atom. The second-order valence-corrected chi connectivity index (χ2v) is 4.39. The van der Waals surface area contributed by atoms with Crippen molar-refractivity contribution in [3.63, 3.8) is 0 Å². The first-order valence-corrected chi connectivity index (χ1v) is 5.89. The molecule has 106 valence electrons. The van der Waals surface area contributed by atoms with Crippen molar-refractivity contribution in [3.05, 3.63) is 40.8 Å². The molecule has 6 nitrogen and oxygen atoms in total. The molecule has 1 heterocycles. The van der Waals surface area contributed by atoms with Crippen LogP contribution in [0.15, 0.2) is 23.4 Å². The Morgan fingerprint density at radius 1 is 1.45 bits per heavy atom. The summed E-state index contributed by atoms with van der Waals surface area (Å²) >= 11 is 0. The van der Waals surface area contributed by atoms with Gasteiger partial charge in [-0.2, -0.15) is 5.10 Å². The van der Waals surface area contributed by atoms with Crippen LogP contribution in [0.2, 0.25) is 0 Å². The quantitative estimate of drug-likeness (QED) is 0.389. The van der Waals surface area contributed by atoms with Gasteiger partial charge in [-0.1, -0.05) is 11.2 Å². The van der Waals surface area contributed by atoms with Crippen LogP contribution >= 0.6 is 0 Å². The highest BCUT2D eigenvalue weighted by molar-refractivity contribution is 6.00. The topological polar surface area (TPSA) is 85.7 Å². The zero-order valence-corrected chi connectivity index (χ0v) is 11.4. The SMILES string of the molecule is Cc1ccc(Oc2c(/C(N)=N/O)c(C)nn2C)cc1F. The molecular weight excluding hydrogens is 263 g/mol. The maximum atomic E-state index is 13.5. The largest absolute Gasteiger partial charge is 0.438 e. The Hall–Kier alpha value is -2.57. The normalized spacial score (nSPS) is 11.7. The lowest BCUT2D eigenvalue weighted by Crippen LogP contribution is -2.15. The Kier molecular flexibility index (Phi) is 3.60. The molecule has 0 unspecified atom stereocenters. The van der Waals surface area contributed by atoms with Gasteiger partial charge in [0.1, 0.15) is 17.1 Å². The Balaban J connectivity index is 2.45. The van der Waals surface area contributed by atoms with Crippen molar-refractivity contribution in [2.75, 3.05) is 0 Å². The van der Waals surface area contributed by atoms with Gasteiger partial charge in [0.25, 0.3) is 0 Å². The highest BCUT2D eigenvalue weighted by Crippen LogP contribution is 2.28. The van der Waals surface area contributed by atoms with Crippen molar-refractivity contribution in [1.82, 2.24) is 9.78 Å². The van der Waals surface area contributed by atoms with Gasteiger partial charge in [0.05, 0.1) is 5.69 Å². The van der Waals surface area contributed by atoms with Crippen LogP contribution in [0.25, 0.3) is 0 Å². The summed E-state index contributed by atoms with van der Waals surface area (Å²) in [4.78, 5) is 0. The number of rotatable bonds is 3. The first-order valence-electron chi connectivity index (χ1n) is 5.89. The molecule has 20 heavy (non-hydrogen) atoms. The van der Waals surface area contributed by atoms with Gasteiger partial charge in [0.15, 0.2) is 5.84 Å². The van der Waals surface area contributed by atoms with Crippen LogP contribution < -0.4 is 10.5 Å². The number of halogens is 1. The minimum atomic E-state index is -0.369. The molecule has 3 N–H and O–H groups in total. The molecule has 0 amide bonds. The van der Waals surface area contributed by atoms with Gasteiger partial charge in [-0.25, -0.2) is 9.07 Å². The Bertz CT molecular complexity index is 679. The first kappa shape index (κ1) is 13.9. The standard InChI is InChI=1S/C13H15FN4O2/c1-7-4-5-9(6-10(7)14)20-13-11(12(15)17-19)8(2)16-18(13)3/h4-6,19H,1-3H3,(H2,15,17). The van der Waals surface area contributed by atoms with Gasteiger partial charge < -0.3 is 15.7 Å². The van der Waals surface area contributed by atoms with Crippen LogP contribution in [0, 0.1) is 19.7 Å². The van der Waals surface area contributed by atoms with Gasteiger partial charge in [-0.15, -0.1) is 0 Å². The molecule has 0 radical (unpaired) electrons. The van der Waals surface area contributed by atoms with E-state index in [1.807, 2.05) is 0 Å². The molecule has 0 saturated heterocycles. The summed E-state index contributed by atoms with van der Waals surface area (Å²) in [6.45, 7) is 3.37. The number of aromatic nitrogens is 2. The second kappa shape index (κ2) is 5.20. The van der Waals surface area contributed by atoms with Gasteiger partial charge in [-0.05, 0) is 25.5 Å². The summed E-state index contributed by atoms with van der Waals surface area (Å²) in [5.41, 5.74) is 7.05. The van der Waals surface area contributed by atoms with E-state index in [0.717, 1.165) is 0 Å². The average Bonchev–Trinajstić information content (AvgIpc) is 2.68. The third kappa shape index (κ3) is 2.42. The van der Waals surface area contributed by atoms with Gasteiger partial charge in [0.2, 0.25) is 5.88 Å². The maximum Gasteiger partial charge on any atom is 0.229 e. The molecule has 0 aliphatic carbocycles. The monoisotopic (exact) mass is 278 g/mol. The number of benzene rings is 1. The third-order valence-corrected chi connectivity index (χ3v) is 2.89. The van der Waals surface area contributed by atoms with E-state index in [1.54, 1.807) is 33.0 Å². The van der Waals surface area contributed by atoms with Crippen molar-refractivity contribution in [3.8, 4) is 11.6 Å². The molecule has 0 fully saturated rings. The van der Waals surface area contributed by atoms with E-state index in [0.29, 0.717) is 22.6 Å². The Labute approximate surface area is 115 Å². The molecular formula is C13H15FN4O2. The van der Waals surface area contributed by atoms with E-state index in [1.165, 1.54) is 10.7 Å². The minimum Gasteiger partial charge on any atom is -0.438 e. The van der Waals surface area contributed by atoms with Crippen LogP contribution in [-0.4, -0.2) is 20.8 Å².